The lowest BCUT2D eigenvalue weighted by molar-refractivity contribution is 0.150. The van der Waals surface area contributed by atoms with Crippen LogP contribution in [0.3, 0.4) is 0 Å². The second-order valence-corrected chi connectivity index (χ2v) is 4.81. The molecule has 1 aromatic carbocycles. The number of hydrogen-bond acceptors (Lipinski definition) is 2. The smallest absolute Gasteiger partial charge is 0.193 e. The van der Waals surface area contributed by atoms with Crippen molar-refractivity contribution in [2.24, 2.45) is 0 Å². The molecule has 2 nitrogen and oxygen atoms in total. The standard InChI is InChI=1S/C12H9Cl3O2/c13-8-1-2-9(14)7(5-8)6-10(16)11-3-4-12(15)17-11/h1-5,10,16H,6H2. The van der Waals surface area contributed by atoms with E-state index in [1.807, 2.05) is 0 Å². The third kappa shape index (κ3) is 3.17. The normalized spacial score (nSPS) is 12.7. The number of rotatable bonds is 3. The van der Waals surface area contributed by atoms with Crippen LogP contribution in [0.5, 0.6) is 0 Å². The number of benzene rings is 1. The average Bonchev–Trinajstić information content (AvgIpc) is 2.70. The maximum absolute atomic E-state index is 9.95. The van der Waals surface area contributed by atoms with Crippen LogP contribution in [-0.2, 0) is 6.42 Å². The highest BCUT2D eigenvalue weighted by Gasteiger charge is 2.14. The van der Waals surface area contributed by atoms with Gasteiger partial charge >= 0.3 is 0 Å². The van der Waals surface area contributed by atoms with Gasteiger partial charge in [-0.2, -0.15) is 0 Å². The summed E-state index contributed by atoms with van der Waals surface area (Å²) in [4.78, 5) is 0. The molecule has 5 heteroatoms. The third-order valence-electron chi connectivity index (χ3n) is 2.34. The van der Waals surface area contributed by atoms with Crippen molar-refractivity contribution in [2.45, 2.75) is 12.5 Å². The Morgan fingerprint density at radius 1 is 1.12 bits per heavy atom. The Morgan fingerprint density at radius 3 is 2.53 bits per heavy atom. The highest BCUT2D eigenvalue weighted by molar-refractivity contribution is 6.33. The zero-order chi connectivity index (χ0) is 12.4. The van der Waals surface area contributed by atoms with E-state index in [0.717, 1.165) is 5.56 Å². The molecule has 0 amide bonds. The molecule has 90 valence electrons. The first-order valence-electron chi connectivity index (χ1n) is 4.93. The Hall–Kier alpha value is -0.670. The Labute approximate surface area is 114 Å². The third-order valence-corrected chi connectivity index (χ3v) is 3.15. The van der Waals surface area contributed by atoms with E-state index < -0.39 is 6.10 Å². The molecule has 2 rings (SSSR count). The number of aliphatic hydroxyl groups is 1. The summed E-state index contributed by atoms with van der Waals surface area (Å²) in [6, 6.07) is 8.33. The lowest BCUT2D eigenvalue weighted by Crippen LogP contribution is -2.01. The molecule has 0 aliphatic carbocycles. The first kappa shape index (κ1) is 12.8. The Balaban J connectivity index is 2.18. The molecule has 1 heterocycles. The molecule has 1 unspecified atom stereocenters. The van der Waals surface area contributed by atoms with Crippen molar-refractivity contribution in [3.63, 3.8) is 0 Å². The molecule has 0 saturated carbocycles. The molecule has 2 aromatic rings. The first-order valence-corrected chi connectivity index (χ1v) is 6.07. The largest absolute Gasteiger partial charge is 0.447 e. The molecule has 1 N–H and O–H groups in total. The summed E-state index contributed by atoms with van der Waals surface area (Å²) in [5, 5.41) is 11.3. The van der Waals surface area contributed by atoms with E-state index >= 15 is 0 Å². The van der Waals surface area contributed by atoms with Crippen LogP contribution in [0.15, 0.2) is 34.7 Å². The molecule has 1 atom stereocenters. The minimum atomic E-state index is -0.793. The molecule has 0 radical (unpaired) electrons. The minimum absolute atomic E-state index is 0.247. The molecule has 0 bridgehead atoms. The first-order chi connectivity index (χ1) is 8.06. The molecule has 0 spiro atoms. The number of halogens is 3. The van der Waals surface area contributed by atoms with E-state index in [4.69, 9.17) is 39.2 Å². The lowest BCUT2D eigenvalue weighted by Gasteiger charge is -2.09. The van der Waals surface area contributed by atoms with Crippen molar-refractivity contribution >= 4 is 34.8 Å². The maximum atomic E-state index is 9.95. The van der Waals surface area contributed by atoms with Crippen LogP contribution in [-0.4, -0.2) is 5.11 Å². The molecule has 0 saturated heterocycles. The van der Waals surface area contributed by atoms with Gasteiger partial charge < -0.3 is 9.52 Å². The van der Waals surface area contributed by atoms with Gasteiger partial charge in [0.15, 0.2) is 5.22 Å². The maximum Gasteiger partial charge on any atom is 0.193 e. The van der Waals surface area contributed by atoms with Gasteiger partial charge in [0.05, 0.1) is 0 Å². The van der Waals surface area contributed by atoms with Gasteiger partial charge in [-0.15, -0.1) is 0 Å². The monoisotopic (exact) mass is 290 g/mol. The Kier molecular flexibility index (Phi) is 4.00. The average molecular weight is 292 g/mol. The molecule has 17 heavy (non-hydrogen) atoms. The number of furan rings is 1. The molecule has 0 aliphatic rings. The predicted molar refractivity (Wildman–Crippen MR) is 68.8 cm³/mol. The summed E-state index contributed by atoms with van der Waals surface area (Å²) >= 11 is 17.5. The van der Waals surface area contributed by atoms with E-state index in [9.17, 15) is 5.11 Å². The lowest BCUT2D eigenvalue weighted by atomic mass is 10.1. The topological polar surface area (TPSA) is 33.4 Å². The fourth-order valence-corrected chi connectivity index (χ4v) is 2.06. The minimum Gasteiger partial charge on any atom is -0.447 e. The summed E-state index contributed by atoms with van der Waals surface area (Å²) in [6.45, 7) is 0. The van der Waals surface area contributed by atoms with E-state index in [1.54, 1.807) is 30.3 Å². The van der Waals surface area contributed by atoms with Gasteiger partial charge in [-0.05, 0) is 47.5 Å². The van der Waals surface area contributed by atoms with Crippen LogP contribution in [0.1, 0.15) is 17.4 Å². The van der Waals surface area contributed by atoms with Crippen LogP contribution in [0.4, 0.5) is 0 Å². The van der Waals surface area contributed by atoms with E-state index in [1.165, 1.54) is 0 Å². The Bertz CT molecular complexity index is 522. The predicted octanol–water partition coefficient (Wildman–Crippen LogP) is 4.52. The second kappa shape index (κ2) is 5.32. The summed E-state index contributed by atoms with van der Waals surface area (Å²) < 4.78 is 5.13. The molecule has 0 aliphatic heterocycles. The highest BCUT2D eigenvalue weighted by atomic mass is 35.5. The van der Waals surface area contributed by atoms with E-state index in [-0.39, 0.29) is 5.22 Å². The molecular formula is C12H9Cl3O2. The van der Waals surface area contributed by atoms with Crippen LogP contribution in [0.2, 0.25) is 15.3 Å². The molecule has 1 aromatic heterocycles. The fraction of sp³-hybridized carbons (Fsp3) is 0.167. The van der Waals surface area contributed by atoms with Gasteiger partial charge in [-0.1, -0.05) is 23.2 Å². The van der Waals surface area contributed by atoms with Gasteiger partial charge in [0.1, 0.15) is 11.9 Å². The van der Waals surface area contributed by atoms with Gasteiger partial charge in [-0.25, -0.2) is 0 Å². The van der Waals surface area contributed by atoms with Crippen LogP contribution in [0.25, 0.3) is 0 Å². The summed E-state index contributed by atoms with van der Waals surface area (Å²) in [7, 11) is 0. The van der Waals surface area contributed by atoms with E-state index in [2.05, 4.69) is 0 Å². The van der Waals surface area contributed by atoms with Crippen LogP contribution in [0, 0.1) is 0 Å². The molecular weight excluding hydrogens is 282 g/mol. The number of hydrogen-bond donors (Lipinski definition) is 1. The van der Waals surface area contributed by atoms with Crippen molar-refractivity contribution < 1.29 is 9.52 Å². The Morgan fingerprint density at radius 2 is 1.88 bits per heavy atom. The zero-order valence-corrected chi connectivity index (χ0v) is 10.9. The SMILES string of the molecule is OC(Cc1cc(Cl)ccc1Cl)c1ccc(Cl)o1. The quantitative estimate of drug-likeness (QED) is 0.902. The summed E-state index contributed by atoms with van der Waals surface area (Å²) in [5.41, 5.74) is 0.763. The fourth-order valence-electron chi connectivity index (χ4n) is 1.52. The number of aliphatic hydroxyl groups excluding tert-OH is 1. The van der Waals surface area contributed by atoms with Crippen molar-refractivity contribution in [3.8, 4) is 0 Å². The summed E-state index contributed by atoms with van der Waals surface area (Å²) in [5.74, 6) is 0.408. The van der Waals surface area contributed by atoms with Crippen molar-refractivity contribution in [1.29, 1.82) is 0 Å². The van der Waals surface area contributed by atoms with Crippen LogP contribution < -0.4 is 0 Å². The van der Waals surface area contributed by atoms with Crippen molar-refractivity contribution in [2.75, 3.05) is 0 Å². The van der Waals surface area contributed by atoms with Gasteiger partial charge in [0.25, 0.3) is 0 Å². The summed E-state index contributed by atoms with van der Waals surface area (Å²) in [6.07, 6.45) is -0.470. The van der Waals surface area contributed by atoms with E-state index in [0.29, 0.717) is 22.2 Å². The van der Waals surface area contributed by atoms with Gasteiger partial charge in [-0.3, -0.25) is 0 Å². The molecule has 0 fully saturated rings. The van der Waals surface area contributed by atoms with Crippen molar-refractivity contribution in [1.82, 2.24) is 0 Å². The highest BCUT2D eigenvalue weighted by Crippen LogP contribution is 2.27. The van der Waals surface area contributed by atoms with Gasteiger partial charge in [0.2, 0.25) is 0 Å². The second-order valence-electron chi connectivity index (χ2n) is 3.60. The van der Waals surface area contributed by atoms with Crippen LogP contribution >= 0.6 is 34.8 Å². The zero-order valence-electron chi connectivity index (χ0n) is 8.66. The van der Waals surface area contributed by atoms with Gasteiger partial charge in [0, 0.05) is 16.5 Å². The van der Waals surface area contributed by atoms with Crippen molar-refractivity contribution in [3.05, 3.63) is 56.9 Å².